The van der Waals surface area contributed by atoms with Gasteiger partial charge < -0.3 is 14.4 Å². The Balaban J connectivity index is 1.73. The van der Waals surface area contributed by atoms with Crippen molar-refractivity contribution in [1.29, 1.82) is 0 Å². The first-order valence-corrected chi connectivity index (χ1v) is 8.66. The van der Waals surface area contributed by atoms with E-state index in [4.69, 9.17) is 4.74 Å². The van der Waals surface area contributed by atoms with Crippen LogP contribution < -0.4 is 0 Å². The molecular weight excluding hydrogens is 314 g/mol. The number of hydrogen-bond acceptors (Lipinski definition) is 3. The fourth-order valence-corrected chi connectivity index (χ4v) is 3.24. The minimum Gasteiger partial charge on any atom is -0.445 e. The highest BCUT2D eigenvalue weighted by molar-refractivity contribution is 5.69. The maximum Gasteiger partial charge on any atom is 0.410 e. The van der Waals surface area contributed by atoms with Crippen LogP contribution in [0.2, 0.25) is 0 Å². The van der Waals surface area contributed by atoms with Gasteiger partial charge in [-0.05, 0) is 30.9 Å². The number of carbonyl (C=O) groups is 2. The summed E-state index contributed by atoms with van der Waals surface area (Å²) in [4.78, 5) is 25.6. The molecule has 4 heteroatoms. The van der Waals surface area contributed by atoms with Crippen molar-refractivity contribution >= 4 is 12.4 Å². The molecule has 1 saturated heterocycles. The Morgan fingerprint density at radius 3 is 2.56 bits per heavy atom. The van der Waals surface area contributed by atoms with E-state index < -0.39 is 0 Å². The lowest BCUT2D eigenvalue weighted by Crippen LogP contribution is -2.41. The van der Waals surface area contributed by atoms with Gasteiger partial charge in [0.1, 0.15) is 12.9 Å². The molecule has 1 aliphatic heterocycles. The average Bonchev–Trinajstić information content (AvgIpc) is 2.67. The van der Waals surface area contributed by atoms with Crippen molar-refractivity contribution in [3.63, 3.8) is 0 Å². The molecule has 0 aliphatic carbocycles. The fourth-order valence-electron chi connectivity index (χ4n) is 3.24. The van der Waals surface area contributed by atoms with Gasteiger partial charge in [-0.25, -0.2) is 4.79 Å². The number of hydrogen-bond donors (Lipinski definition) is 0. The summed E-state index contributed by atoms with van der Waals surface area (Å²) in [5.41, 5.74) is 3.18. The fraction of sp³-hybridized carbons (Fsp3) is 0.333. The van der Waals surface area contributed by atoms with Gasteiger partial charge >= 0.3 is 6.09 Å². The molecule has 0 bridgehead atoms. The molecule has 2 atom stereocenters. The molecule has 3 rings (SSSR count). The molecule has 130 valence electrons. The third-order valence-corrected chi connectivity index (χ3v) is 4.74. The number of benzene rings is 2. The number of likely N-dealkylation sites (tertiary alicyclic amines) is 1. The molecule has 2 aromatic rings. The number of aryl methyl sites for hydroxylation is 1. The van der Waals surface area contributed by atoms with Crippen molar-refractivity contribution in [3.8, 4) is 0 Å². The summed E-state index contributed by atoms with van der Waals surface area (Å²) in [6.45, 7) is 2.83. The number of piperidine rings is 1. The lowest BCUT2D eigenvalue weighted by Gasteiger charge is -2.37. The van der Waals surface area contributed by atoms with Gasteiger partial charge in [0.2, 0.25) is 0 Å². The SMILES string of the molecule is Cc1ccc([C@@H]2CC(C=O)CCN2C(=O)OCc2ccccc2)cc1. The zero-order valence-electron chi connectivity index (χ0n) is 14.4. The molecule has 0 radical (unpaired) electrons. The van der Waals surface area contributed by atoms with Crippen molar-refractivity contribution in [3.05, 3.63) is 71.3 Å². The van der Waals surface area contributed by atoms with Crippen LogP contribution in [0, 0.1) is 12.8 Å². The quantitative estimate of drug-likeness (QED) is 0.782. The normalized spacial score (nSPS) is 20.1. The van der Waals surface area contributed by atoms with E-state index in [0.29, 0.717) is 19.4 Å². The van der Waals surface area contributed by atoms with Crippen molar-refractivity contribution in [1.82, 2.24) is 4.90 Å². The highest BCUT2D eigenvalue weighted by Gasteiger charge is 2.33. The summed E-state index contributed by atoms with van der Waals surface area (Å²) >= 11 is 0. The van der Waals surface area contributed by atoms with Gasteiger partial charge in [0.05, 0.1) is 6.04 Å². The molecule has 0 N–H and O–H groups in total. The van der Waals surface area contributed by atoms with Gasteiger partial charge in [-0.2, -0.15) is 0 Å². The van der Waals surface area contributed by atoms with E-state index in [9.17, 15) is 9.59 Å². The Morgan fingerprint density at radius 2 is 1.88 bits per heavy atom. The summed E-state index contributed by atoms with van der Waals surface area (Å²) in [6.07, 6.45) is 2.02. The third kappa shape index (κ3) is 4.27. The van der Waals surface area contributed by atoms with E-state index in [1.165, 1.54) is 5.56 Å². The van der Waals surface area contributed by atoms with E-state index in [1.807, 2.05) is 61.5 Å². The molecule has 1 unspecified atom stereocenters. The monoisotopic (exact) mass is 337 g/mol. The molecule has 1 heterocycles. The Bertz CT molecular complexity index is 712. The third-order valence-electron chi connectivity index (χ3n) is 4.74. The number of nitrogens with zero attached hydrogens (tertiary/aromatic N) is 1. The summed E-state index contributed by atoms with van der Waals surface area (Å²) in [5.74, 6) is -0.00974. The Kier molecular flexibility index (Phi) is 5.49. The lowest BCUT2D eigenvalue weighted by molar-refractivity contribution is -0.113. The molecule has 1 fully saturated rings. The van der Waals surface area contributed by atoms with Crippen molar-refractivity contribution < 1.29 is 14.3 Å². The van der Waals surface area contributed by atoms with E-state index in [-0.39, 0.29) is 24.7 Å². The van der Waals surface area contributed by atoms with Gasteiger partial charge in [-0.3, -0.25) is 0 Å². The number of carbonyl (C=O) groups excluding carboxylic acids is 2. The molecule has 0 spiro atoms. The summed E-state index contributed by atoms with van der Waals surface area (Å²) in [7, 11) is 0. The van der Waals surface area contributed by atoms with Crippen molar-refractivity contribution in [2.75, 3.05) is 6.54 Å². The van der Waals surface area contributed by atoms with Gasteiger partial charge in [0.25, 0.3) is 0 Å². The summed E-state index contributed by atoms with van der Waals surface area (Å²) < 4.78 is 5.51. The van der Waals surface area contributed by atoms with Crippen LogP contribution >= 0.6 is 0 Å². The van der Waals surface area contributed by atoms with Crippen molar-refractivity contribution in [2.24, 2.45) is 5.92 Å². The standard InChI is InChI=1S/C21H23NO3/c1-16-7-9-19(10-8-16)20-13-18(14-23)11-12-22(20)21(24)25-15-17-5-3-2-4-6-17/h2-10,14,18,20H,11-13,15H2,1H3/t18?,20-/m0/s1. The first kappa shape index (κ1) is 17.2. The van der Waals surface area contributed by atoms with E-state index in [1.54, 1.807) is 4.90 Å². The molecule has 4 nitrogen and oxygen atoms in total. The van der Waals surface area contributed by atoms with E-state index in [0.717, 1.165) is 17.4 Å². The number of aldehydes is 1. The van der Waals surface area contributed by atoms with Crippen LogP contribution in [0.4, 0.5) is 4.79 Å². The van der Waals surface area contributed by atoms with Crippen LogP contribution in [0.5, 0.6) is 0 Å². The average molecular weight is 337 g/mol. The molecule has 25 heavy (non-hydrogen) atoms. The summed E-state index contributed by atoms with van der Waals surface area (Å²) in [6, 6.07) is 17.7. The number of ether oxygens (including phenoxy) is 1. The zero-order valence-corrected chi connectivity index (χ0v) is 14.4. The predicted octanol–water partition coefficient (Wildman–Crippen LogP) is 4.28. The smallest absolute Gasteiger partial charge is 0.410 e. The molecule has 0 aromatic heterocycles. The topological polar surface area (TPSA) is 46.6 Å². The van der Waals surface area contributed by atoms with Crippen LogP contribution in [-0.2, 0) is 16.1 Å². The van der Waals surface area contributed by atoms with Gasteiger partial charge in [-0.1, -0.05) is 60.2 Å². The minimum absolute atomic E-state index is 0.00974. The van der Waals surface area contributed by atoms with Gasteiger partial charge in [-0.15, -0.1) is 0 Å². The Morgan fingerprint density at radius 1 is 1.16 bits per heavy atom. The van der Waals surface area contributed by atoms with Gasteiger partial charge in [0.15, 0.2) is 0 Å². The number of amides is 1. The van der Waals surface area contributed by atoms with Crippen LogP contribution in [0.25, 0.3) is 0 Å². The molecule has 1 amide bonds. The van der Waals surface area contributed by atoms with Gasteiger partial charge in [0, 0.05) is 12.5 Å². The molecule has 2 aromatic carbocycles. The Hall–Kier alpha value is -2.62. The number of rotatable bonds is 4. The van der Waals surface area contributed by atoms with E-state index >= 15 is 0 Å². The first-order valence-electron chi connectivity index (χ1n) is 8.66. The predicted molar refractivity (Wildman–Crippen MR) is 96.0 cm³/mol. The summed E-state index contributed by atoms with van der Waals surface area (Å²) in [5, 5.41) is 0. The second-order valence-electron chi connectivity index (χ2n) is 6.58. The maximum atomic E-state index is 12.6. The Labute approximate surface area is 148 Å². The molecular formula is C21H23NO3. The van der Waals surface area contributed by atoms with Crippen LogP contribution in [0.1, 0.15) is 35.6 Å². The molecule has 1 aliphatic rings. The minimum atomic E-state index is -0.321. The largest absolute Gasteiger partial charge is 0.445 e. The second-order valence-corrected chi connectivity index (χ2v) is 6.58. The highest BCUT2D eigenvalue weighted by atomic mass is 16.6. The zero-order chi connectivity index (χ0) is 17.6. The van der Waals surface area contributed by atoms with Crippen LogP contribution in [0.15, 0.2) is 54.6 Å². The van der Waals surface area contributed by atoms with Crippen LogP contribution in [0.3, 0.4) is 0 Å². The second kappa shape index (κ2) is 7.97. The highest BCUT2D eigenvalue weighted by Crippen LogP contribution is 2.34. The van der Waals surface area contributed by atoms with Crippen LogP contribution in [-0.4, -0.2) is 23.8 Å². The van der Waals surface area contributed by atoms with Crippen molar-refractivity contribution in [2.45, 2.75) is 32.4 Å². The van der Waals surface area contributed by atoms with E-state index in [2.05, 4.69) is 0 Å². The molecule has 0 saturated carbocycles. The first-order chi connectivity index (χ1) is 12.2. The maximum absolute atomic E-state index is 12.6. The lowest BCUT2D eigenvalue weighted by atomic mass is 9.88.